The molecule has 1 atom stereocenters. The average Bonchev–Trinajstić information content (AvgIpc) is 2.69. The molecule has 138 valence electrons. The van der Waals surface area contributed by atoms with Crippen LogP contribution in [0.4, 0.5) is 5.69 Å². The Kier molecular flexibility index (Phi) is 6.44. The summed E-state index contributed by atoms with van der Waals surface area (Å²) in [4.78, 5) is 0. The number of para-hydroxylation sites is 2. The summed E-state index contributed by atoms with van der Waals surface area (Å²) >= 11 is 5.60. The molecule has 0 saturated carbocycles. The molecule has 0 aliphatic carbocycles. The summed E-state index contributed by atoms with van der Waals surface area (Å²) in [6.07, 6.45) is 0. The third kappa shape index (κ3) is 5.08. The highest BCUT2D eigenvalue weighted by Gasteiger charge is 2.15. The van der Waals surface area contributed by atoms with Gasteiger partial charge in [0.2, 0.25) is 0 Å². The molecule has 0 bridgehead atoms. The molecule has 0 unspecified atom stereocenters. The maximum absolute atomic E-state index is 5.68. The van der Waals surface area contributed by atoms with Crippen molar-refractivity contribution in [3.63, 3.8) is 0 Å². The van der Waals surface area contributed by atoms with Crippen LogP contribution in [0.3, 0.4) is 0 Å². The molecule has 0 heterocycles. The van der Waals surface area contributed by atoms with E-state index in [0.717, 1.165) is 22.6 Å². The van der Waals surface area contributed by atoms with Gasteiger partial charge in [-0.1, -0.05) is 72.3 Å². The first kappa shape index (κ1) is 18.9. The molecule has 0 amide bonds. The third-order valence-corrected chi connectivity index (χ3v) is 4.47. The highest BCUT2D eigenvalue weighted by molar-refractivity contribution is 7.80. The van der Waals surface area contributed by atoms with Gasteiger partial charge in [-0.3, -0.25) is 0 Å². The van der Waals surface area contributed by atoms with Crippen molar-refractivity contribution in [1.29, 1.82) is 0 Å². The Morgan fingerprint density at radius 2 is 1.52 bits per heavy atom. The Morgan fingerprint density at radius 1 is 0.889 bits per heavy atom. The SMILES string of the molecule is CCOc1ccccc1NC(=S)N[C@H](c1ccccc1)c1ccc(C)cc1. The van der Waals surface area contributed by atoms with Gasteiger partial charge in [0, 0.05) is 0 Å². The van der Waals surface area contributed by atoms with Gasteiger partial charge in [-0.2, -0.15) is 0 Å². The van der Waals surface area contributed by atoms with Crippen molar-refractivity contribution in [2.75, 3.05) is 11.9 Å². The summed E-state index contributed by atoms with van der Waals surface area (Å²) in [6.45, 7) is 4.66. The number of ether oxygens (including phenoxy) is 1. The van der Waals surface area contributed by atoms with E-state index < -0.39 is 0 Å². The molecule has 0 aliphatic rings. The first-order valence-corrected chi connectivity index (χ1v) is 9.49. The van der Waals surface area contributed by atoms with Crippen molar-refractivity contribution < 1.29 is 4.74 Å². The quantitative estimate of drug-likeness (QED) is 0.559. The van der Waals surface area contributed by atoms with Crippen molar-refractivity contribution >= 4 is 23.0 Å². The maximum Gasteiger partial charge on any atom is 0.171 e. The summed E-state index contributed by atoms with van der Waals surface area (Å²) in [5, 5.41) is 7.28. The van der Waals surface area contributed by atoms with Crippen molar-refractivity contribution in [2.24, 2.45) is 0 Å². The number of hydrogen-bond acceptors (Lipinski definition) is 2. The molecule has 0 radical (unpaired) electrons. The third-order valence-electron chi connectivity index (χ3n) is 4.25. The summed E-state index contributed by atoms with van der Waals surface area (Å²) in [5.74, 6) is 0.788. The molecule has 4 heteroatoms. The molecular weight excluding hydrogens is 352 g/mol. The highest BCUT2D eigenvalue weighted by atomic mass is 32.1. The summed E-state index contributed by atoms with van der Waals surface area (Å²) in [6, 6.07) is 26.6. The Bertz CT molecular complexity index is 878. The fourth-order valence-corrected chi connectivity index (χ4v) is 3.13. The number of benzene rings is 3. The van der Waals surface area contributed by atoms with E-state index in [1.165, 1.54) is 5.56 Å². The van der Waals surface area contributed by atoms with Crippen molar-refractivity contribution in [1.82, 2.24) is 5.32 Å². The van der Waals surface area contributed by atoms with Crippen LogP contribution in [0.1, 0.15) is 29.7 Å². The van der Waals surface area contributed by atoms with Gasteiger partial charge in [0.1, 0.15) is 5.75 Å². The number of nitrogens with one attached hydrogen (secondary N) is 2. The van der Waals surface area contributed by atoms with Crippen LogP contribution in [0.5, 0.6) is 5.75 Å². The first-order valence-electron chi connectivity index (χ1n) is 9.08. The van der Waals surface area contributed by atoms with Gasteiger partial charge in [0.15, 0.2) is 5.11 Å². The molecule has 0 aliphatic heterocycles. The van der Waals surface area contributed by atoms with Gasteiger partial charge < -0.3 is 15.4 Å². The van der Waals surface area contributed by atoms with E-state index in [1.807, 2.05) is 49.4 Å². The minimum Gasteiger partial charge on any atom is -0.492 e. The molecule has 3 nitrogen and oxygen atoms in total. The first-order chi connectivity index (χ1) is 13.2. The Balaban J connectivity index is 1.82. The summed E-state index contributed by atoms with van der Waals surface area (Å²) < 4.78 is 5.68. The Labute approximate surface area is 166 Å². The Hall–Kier alpha value is -2.85. The lowest BCUT2D eigenvalue weighted by atomic mass is 9.98. The second-order valence-corrected chi connectivity index (χ2v) is 6.69. The largest absolute Gasteiger partial charge is 0.492 e. The predicted molar refractivity (Wildman–Crippen MR) is 116 cm³/mol. The van der Waals surface area contributed by atoms with Gasteiger partial charge in [0.25, 0.3) is 0 Å². The molecule has 3 rings (SSSR count). The predicted octanol–water partition coefficient (Wildman–Crippen LogP) is 5.47. The topological polar surface area (TPSA) is 33.3 Å². The lowest BCUT2D eigenvalue weighted by molar-refractivity contribution is 0.342. The highest BCUT2D eigenvalue weighted by Crippen LogP contribution is 2.25. The normalized spacial score (nSPS) is 11.5. The maximum atomic E-state index is 5.68. The molecule has 0 aromatic heterocycles. The van der Waals surface area contributed by atoms with Crippen LogP contribution in [0, 0.1) is 6.92 Å². The van der Waals surface area contributed by atoms with Gasteiger partial charge in [0.05, 0.1) is 18.3 Å². The van der Waals surface area contributed by atoms with Gasteiger partial charge in [-0.25, -0.2) is 0 Å². The van der Waals surface area contributed by atoms with E-state index in [4.69, 9.17) is 17.0 Å². The number of aryl methyl sites for hydroxylation is 1. The van der Waals surface area contributed by atoms with E-state index >= 15 is 0 Å². The minimum absolute atomic E-state index is 0.0361. The van der Waals surface area contributed by atoms with E-state index in [1.54, 1.807) is 0 Å². The van der Waals surface area contributed by atoms with Crippen LogP contribution in [0.2, 0.25) is 0 Å². The number of hydrogen-bond donors (Lipinski definition) is 2. The van der Waals surface area contributed by atoms with Crippen molar-refractivity contribution in [3.05, 3.63) is 95.6 Å². The Morgan fingerprint density at radius 3 is 2.22 bits per heavy atom. The smallest absolute Gasteiger partial charge is 0.171 e. The van der Waals surface area contributed by atoms with Gasteiger partial charge in [-0.05, 0) is 49.3 Å². The molecule has 3 aromatic rings. The zero-order valence-electron chi connectivity index (χ0n) is 15.6. The van der Waals surface area contributed by atoms with E-state index in [-0.39, 0.29) is 6.04 Å². The van der Waals surface area contributed by atoms with E-state index in [2.05, 4.69) is 54.0 Å². The summed E-state index contributed by atoms with van der Waals surface area (Å²) in [5.41, 5.74) is 4.40. The average molecular weight is 377 g/mol. The molecule has 2 N–H and O–H groups in total. The number of rotatable bonds is 6. The fraction of sp³-hybridized carbons (Fsp3) is 0.174. The monoisotopic (exact) mass is 376 g/mol. The molecule has 0 fully saturated rings. The van der Waals surface area contributed by atoms with Crippen molar-refractivity contribution in [3.8, 4) is 5.75 Å². The van der Waals surface area contributed by atoms with Crippen LogP contribution in [-0.4, -0.2) is 11.7 Å². The molecule has 27 heavy (non-hydrogen) atoms. The van der Waals surface area contributed by atoms with Crippen LogP contribution in [-0.2, 0) is 0 Å². The lowest BCUT2D eigenvalue weighted by Gasteiger charge is -2.23. The zero-order valence-corrected chi connectivity index (χ0v) is 16.4. The zero-order chi connectivity index (χ0) is 19.1. The van der Waals surface area contributed by atoms with Crippen LogP contribution in [0.15, 0.2) is 78.9 Å². The van der Waals surface area contributed by atoms with Gasteiger partial charge >= 0.3 is 0 Å². The second-order valence-electron chi connectivity index (χ2n) is 6.28. The summed E-state index contributed by atoms with van der Waals surface area (Å²) in [7, 11) is 0. The van der Waals surface area contributed by atoms with Crippen LogP contribution >= 0.6 is 12.2 Å². The fourth-order valence-electron chi connectivity index (χ4n) is 2.90. The van der Waals surface area contributed by atoms with Crippen LogP contribution < -0.4 is 15.4 Å². The lowest BCUT2D eigenvalue weighted by Crippen LogP contribution is -2.33. The van der Waals surface area contributed by atoms with E-state index in [0.29, 0.717) is 11.7 Å². The molecular formula is C23H24N2OS. The molecule has 0 saturated heterocycles. The van der Waals surface area contributed by atoms with Crippen molar-refractivity contribution in [2.45, 2.75) is 19.9 Å². The number of anilines is 1. The van der Waals surface area contributed by atoms with Gasteiger partial charge in [-0.15, -0.1) is 0 Å². The second kappa shape index (κ2) is 9.19. The minimum atomic E-state index is -0.0361. The molecule has 0 spiro atoms. The van der Waals surface area contributed by atoms with E-state index in [9.17, 15) is 0 Å². The number of thiocarbonyl (C=S) groups is 1. The van der Waals surface area contributed by atoms with Crippen LogP contribution in [0.25, 0.3) is 0 Å². The standard InChI is InChI=1S/C23H24N2OS/c1-3-26-21-12-8-7-11-20(21)24-23(27)25-22(18-9-5-4-6-10-18)19-15-13-17(2)14-16-19/h4-16,22H,3H2,1-2H3,(H2,24,25,27)/t22-/m1/s1. The molecule has 3 aromatic carbocycles.